The number of carbonyl (C=O) groups is 1. The van der Waals surface area contributed by atoms with Crippen LogP contribution in [0.4, 0.5) is 0 Å². The first kappa shape index (κ1) is 20.0. The van der Waals surface area contributed by atoms with Crippen molar-refractivity contribution in [3.8, 4) is 0 Å². The highest BCUT2D eigenvalue weighted by atomic mass is 16.4. The molecule has 21 heavy (non-hydrogen) atoms. The summed E-state index contributed by atoms with van der Waals surface area (Å²) in [5.74, 6) is -0.669. The third-order valence-corrected chi connectivity index (χ3v) is 3.67. The van der Waals surface area contributed by atoms with Crippen LogP contribution in [0.15, 0.2) is 12.3 Å². The van der Waals surface area contributed by atoms with Crippen LogP contribution in [0.2, 0.25) is 0 Å². The summed E-state index contributed by atoms with van der Waals surface area (Å²) >= 11 is 0. The van der Waals surface area contributed by atoms with Gasteiger partial charge >= 0.3 is 5.97 Å². The molecule has 0 radical (unpaired) electrons. The van der Waals surface area contributed by atoms with Crippen LogP contribution >= 0.6 is 0 Å². The molecule has 0 aromatic heterocycles. The minimum Gasteiger partial charge on any atom is -0.481 e. The molecule has 0 heterocycles. The van der Waals surface area contributed by atoms with Gasteiger partial charge in [-0.05, 0) is 31.9 Å². The highest BCUT2D eigenvalue weighted by Crippen LogP contribution is 2.08. The molecule has 0 amide bonds. The molecule has 0 rings (SSSR count). The summed E-state index contributed by atoms with van der Waals surface area (Å²) in [4.78, 5) is 10.3. The van der Waals surface area contributed by atoms with E-state index >= 15 is 0 Å². The van der Waals surface area contributed by atoms with Crippen LogP contribution in [0.5, 0.6) is 0 Å². The molecule has 0 aromatic carbocycles. The molecular weight excluding hydrogens is 262 g/mol. The van der Waals surface area contributed by atoms with E-state index in [0.717, 1.165) is 25.8 Å². The van der Waals surface area contributed by atoms with Gasteiger partial charge in [-0.15, -0.1) is 0 Å². The first-order valence-electron chi connectivity index (χ1n) is 8.87. The molecule has 0 atom stereocenters. The van der Waals surface area contributed by atoms with Crippen molar-refractivity contribution in [2.24, 2.45) is 0 Å². The van der Waals surface area contributed by atoms with Gasteiger partial charge in [-0.1, -0.05) is 64.4 Å². The monoisotopic (exact) mass is 297 g/mol. The van der Waals surface area contributed by atoms with E-state index in [1.165, 1.54) is 57.8 Å². The van der Waals surface area contributed by atoms with Crippen molar-refractivity contribution in [1.82, 2.24) is 5.32 Å². The second-order valence-corrected chi connectivity index (χ2v) is 5.82. The Morgan fingerprint density at radius 2 is 1.52 bits per heavy atom. The second-order valence-electron chi connectivity index (χ2n) is 5.82. The van der Waals surface area contributed by atoms with Crippen molar-refractivity contribution >= 4 is 5.97 Å². The Bertz CT molecular complexity index is 252. The predicted octanol–water partition coefficient (Wildman–Crippen LogP) is 5.27. The maximum absolute atomic E-state index is 10.3. The van der Waals surface area contributed by atoms with E-state index in [2.05, 4.69) is 24.5 Å². The molecule has 124 valence electrons. The fraction of sp³-hybridized carbons (Fsp3) is 0.833. The summed E-state index contributed by atoms with van der Waals surface area (Å²) in [6, 6.07) is 0. The first-order valence-corrected chi connectivity index (χ1v) is 8.87. The van der Waals surface area contributed by atoms with Gasteiger partial charge in [0.2, 0.25) is 0 Å². The number of hydrogen-bond donors (Lipinski definition) is 2. The minimum atomic E-state index is -0.669. The molecule has 0 spiro atoms. The Morgan fingerprint density at radius 1 is 0.905 bits per heavy atom. The van der Waals surface area contributed by atoms with Crippen LogP contribution in [0.25, 0.3) is 0 Å². The van der Waals surface area contributed by atoms with E-state index < -0.39 is 5.97 Å². The zero-order valence-electron chi connectivity index (χ0n) is 13.9. The number of allylic oxidation sites excluding steroid dienone is 1. The lowest BCUT2D eigenvalue weighted by atomic mass is 10.1. The Hall–Kier alpha value is -0.990. The molecular formula is C18H35NO2. The predicted molar refractivity (Wildman–Crippen MR) is 90.5 cm³/mol. The minimum absolute atomic E-state index is 0.326. The highest BCUT2D eigenvalue weighted by molar-refractivity contribution is 5.66. The van der Waals surface area contributed by atoms with Gasteiger partial charge in [-0.3, -0.25) is 4.79 Å². The largest absolute Gasteiger partial charge is 0.481 e. The molecule has 0 fully saturated rings. The Kier molecular flexibility index (Phi) is 16.3. The summed E-state index contributed by atoms with van der Waals surface area (Å²) in [6.45, 7) is 3.35. The van der Waals surface area contributed by atoms with E-state index in [-0.39, 0.29) is 0 Å². The number of aliphatic carboxylic acids is 1. The van der Waals surface area contributed by atoms with Gasteiger partial charge in [0, 0.05) is 13.0 Å². The number of carboxylic acid groups (broad SMARTS) is 1. The molecule has 0 aliphatic rings. The van der Waals surface area contributed by atoms with Gasteiger partial charge in [0.1, 0.15) is 0 Å². The Labute approximate surface area is 131 Å². The van der Waals surface area contributed by atoms with Crippen molar-refractivity contribution in [3.63, 3.8) is 0 Å². The Morgan fingerprint density at radius 3 is 2.24 bits per heavy atom. The third-order valence-electron chi connectivity index (χ3n) is 3.67. The lowest BCUT2D eigenvalue weighted by molar-refractivity contribution is -0.137. The number of rotatable bonds is 16. The van der Waals surface area contributed by atoms with Gasteiger partial charge in [-0.25, -0.2) is 0 Å². The summed E-state index contributed by atoms with van der Waals surface area (Å²) in [6.07, 6.45) is 19.3. The normalized spacial score (nSPS) is 11.1. The Balaban J connectivity index is 3.07. The van der Waals surface area contributed by atoms with E-state index in [9.17, 15) is 4.79 Å². The van der Waals surface area contributed by atoms with Crippen molar-refractivity contribution in [3.05, 3.63) is 12.3 Å². The lowest BCUT2D eigenvalue weighted by Crippen LogP contribution is -2.06. The van der Waals surface area contributed by atoms with Gasteiger partial charge < -0.3 is 10.4 Å². The number of nitrogens with one attached hydrogen (secondary N) is 1. The average Bonchev–Trinajstić information content (AvgIpc) is 2.46. The van der Waals surface area contributed by atoms with Crippen molar-refractivity contribution < 1.29 is 9.90 Å². The topological polar surface area (TPSA) is 49.3 Å². The van der Waals surface area contributed by atoms with Crippen LogP contribution in [0.1, 0.15) is 90.4 Å². The number of carboxylic acids is 1. The average molecular weight is 297 g/mol. The van der Waals surface area contributed by atoms with Crippen LogP contribution in [0.3, 0.4) is 0 Å². The van der Waals surface area contributed by atoms with Crippen LogP contribution in [-0.4, -0.2) is 17.6 Å². The third kappa shape index (κ3) is 19.0. The quantitative estimate of drug-likeness (QED) is 0.382. The van der Waals surface area contributed by atoms with Crippen molar-refractivity contribution in [1.29, 1.82) is 0 Å². The molecule has 3 nitrogen and oxygen atoms in total. The standard InChI is InChI=1S/C18H35NO2/c1-2-3-4-10-13-16-19-17-14-11-8-6-5-7-9-12-15-18(20)21/h14,17,19H,2-13,15-16H2,1H3,(H,20,21)/b17-14-. The van der Waals surface area contributed by atoms with Gasteiger partial charge in [0.25, 0.3) is 0 Å². The van der Waals surface area contributed by atoms with E-state index in [1.54, 1.807) is 0 Å². The summed E-state index contributed by atoms with van der Waals surface area (Å²) < 4.78 is 0. The molecule has 0 unspecified atom stereocenters. The zero-order valence-corrected chi connectivity index (χ0v) is 13.9. The summed E-state index contributed by atoms with van der Waals surface area (Å²) in [7, 11) is 0. The van der Waals surface area contributed by atoms with E-state index in [0.29, 0.717) is 6.42 Å². The summed E-state index contributed by atoms with van der Waals surface area (Å²) in [5, 5.41) is 11.9. The fourth-order valence-electron chi connectivity index (χ4n) is 2.33. The van der Waals surface area contributed by atoms with Gasteiger partial charge in [0.15, 0.2) is 0 Å². The SMILES string of the molecule is CCCCCCCN/C=C\CCCCCCCCC(=O)O. The fourth-order valence-corrected chi connectivity index (χ4v) is 2.33. The summed E-state index contributed by atoms with van der Waals surface area (Å²) in [5.41, 5.74) is 0. The number of hydrogen-bond acceptors (Lipinski definition) is 2. The smallest absolute Gasteiger partial charge is 0.303 e. The van der Waals surface area contributed by atoms with Gasteiger partial charge in [0.05, 0.1) is 0 Å². The molecule has 0 bridgehead atoms. The lowest BCUT2D eigenvalue weighted by Gasteiger charge is -2.01. The maximum Gasteiger partial charge on any atom is 0.303 e. The molecule has 3 heteroatoms. The first-order chi connectivity index (χ1) is 10.3. The van der Waals surface area contributed by atoms with E-state index in [1.807, 2.05) is 0 Å². The molecule has 0 aliphatic heterocycles. The van der Waals surface area contributed by atoms with Crippen molar-refractivity contribution in [2.75, 3.05) is 6.54 Å². The zero-order chi connectivity index (χ0) is 15.6. The molecule has 0 aromatic rings. The van der Waals surface area contributed by atoms with Crippen LogP contribution in [-0.2, 0) is 4.79 Å². The van der Waals surface area contributed by atoms with Crippen LogP contribution in [0, 0.1) is 0 Å². The highest BCUT2D eigenvalue weighted by Gasteiger charge is 1.96. The maximum atomic E-state index is 10.3. The molecule has 0 aliphatic carbocycles. The van der Waals surface area contributed by atoms with Crippen molar-refractivity contribution in [2.45, 2.75) is 90.4 Å². The van der Waals surface area contributed by atoms with Crippen LogP contribution < -0.4 is 5.32 Å². The van der Waals surface area contributed by atoms with E-state index in [4.69, 9.17) is 5.11 Å². The molecule has 0 saturated carbocycles. The molecule has 0 saturated heterocycles. The molecule has 2 N–H and O–H groups in total. The van der Waals surface area contributed by atoms with Gasteiger partial charge in [-0.2, -0.15) is 0 Å². The number of unbranched alkanes of at least 4 members (excludes halogenated alkanes) is 10. The second kappa shape index (κ2) is 17.1.